The SMILES string of the molecule is CCOc1ccccc1OCC(=O)N1CCC(C(=O)N2CCCC2)CC1. The van der Waals surface area contributed by atoms with E-state index >= 15 is 0 Å². The number of likely N-dealkylation sites (tertiary alicyclic amines) is 2. The van der Waals surface area contributed by atoms with Crippen molar-refractivity contribution in [1.29, 1.82) is 0 Å². The summed E-state index contributed by atoms with van der Waals surface area (Å²) in [5.41, 5.74) is 0. The Labute approximate surface area is 155 Å². The molecule has 1 aromatic carbocycles. The maximum Gasteiger partial charge on any atom is 0.260 e. The molecule has 2 aliphatic rings. The molecule has 0 saturated carbocycles. The first-order valence-corrected chi connectivity index (χ1v) is 9.60. The highest BCUT2D eigenvalue weighted by Crippen LogP contribution is 2.27. The van der Waals surface area contributed by atoms with Gasteiger partial charge in [-0.25, -0.2) is 0 Å². The standard InChI is InChI=1S/C20H28N2O4/c1-2-25-17-7-3-4-8-18(17)26-15-19(23)21-13-9-16(10-14-21)20(24)22-11-5-6-12-22/h3-4,7-8,16H,2,5-6,9-15H2,1H3. The van der Waals surface area contributed by atoms with Gasteiger partial charge < -0.3 is 19.3 Å². The van der Waals surface area contributed by atoms with Gasteiger partial charge in [0.15, 0.2) is 18.1 Å². The van der Waals surface area contributed by atoms with Crippen LogP contribution in [0.15, 0.2) is 24.3 Å². The summed E-state index contributed by atoms with van der Waals surface area (Å²) < 4.78 is 11.2. The van der Waals surface area contributed by atoms with Gasteiger partial charge in [0.1, 0.15) is 0 Å². The van der Waals surface area contributed by atoms with E-state index in [2.05, 4.69) is 0 Å². The predicted octanol–water partition coefficient (Wildman–Crippen LogP) is 2.33. The predicted molar refractivity (Wildman–Crippen MR) is 98.2 cm³/mol. The number of carbonyl (C=O) groups excluding carboxylic acids is 2. The highest BCUT2D eigenvalue weighted by atomic mass is 16.5. The molecule has 0 N–H and O–H groups in total. The van der Waals surface area contributed by atoms with E-state index < -0.39 is 0 Å². The fourth-order valence-electron chi connectivity index (χ4n) is 3.65. The molecule has 0 atom stereocenters. The summed E-state index contributed by atoms with van der Waals surface area (Å²) in [5, 5.41) is 0. The van der Waals surface area contributed by atoms with Crippen LogP contribution in [-0.4, -0.2) is 61.0 Å². The Bertz CT molecular complexity index is 620. The first kappa shape index (κ1) is 18.5. The number of rotatable bonds is 6. The maximum atomic E-state index is 12.5. The number of amides is 2. The third-order valence-corrected chi connectivity index (χ3v) is 5.11. The van der Waals surface area contributed by atoms with E-state index in [4.69, 9.17) is 9.47 Å². The third kappa shape index (κ3) is 4.48. The van der Waals surface area contributed by atoms with Gasteiger partial charge in [-0.2, -0.15) is 0 Å². The van der Waals surface area contributed by atoms with Gasteiger partial charge in [0.05, 0.1) is 6.61 Å². The molecule has 0 bridgehead atoms. The molecule has 0 spiro atoms. The Morgan fingerprint density at radius 2 is 1.58 bits per heavy atom. The van der Waals surface area contributed by atoms with Crippen LogP contribution in [0.5, 0.6) is 11.5 Å². The van der Waals surface area contributed by atoms with Gasteiger partial charge in [-0.05, 0) is 44.7 Å². The molecule has 2 saturated heterocycles. The van der Waals surface area contributed by atoms with Crippen LogP contribution in [0.25, 0.3) is 0 Å². The Morgan fingerprint density at radius 1 is 0.962 bits per heavy atom. The second-order valence-electron chi connectivity index (χ2n) is 6.86. The summed E-state index contributed by atoms with van der Waals surface area (Å²) in [6, 6.07) is 7.37. The van der Waals surface area contributed by atoms with Gasteiger partial charge in [-0.1, -0.05) is 12.1 Å². The summed E-state index contributed by atoms with van der Waals surface area (Å²) >= 11 is 0. The number of nitrogens with zero attached hydrogens (tertiary/aromatic N) is 2. The zero-order chi connectivity index (χ0) is 18.4. The molecular weight excluding hydrogens is 332 g/mol. The quantitative estimate of drug-likeness (QED) is 0.781. The smallest absolute Gasteiger partial charge is 0.260 e. The van der Waals surface area contributed by atoms with Gasteiger partial charge in [0.25, 0.3) is 5.91 Å². The molecule has 0 radical (unpaired) electrons. The summed E-state index contributed by atoms with van der Waals surface area (Å²) in [4.78, 5) is 28.7. The zero-order valence-electron chi connectivity index (χ0n) is 15.5. The van der Waals surface area contributed by atoms with Crippen molar-refractivity contribution < 1.29 is 19.1 Å². The number of benzene rings is 1. The molecule has 1 aromatic rings. The van der Waals surface area contributed by atoms with Crippen LogP contribution >= 0.6 is 0 Å². The monoisotopic (exact) mass is 360 g/mol. The number of piperidine rings is 1. The topological polar surface area (TPSA) is 59.1 Å². The summed E-state index contributed by atoms with van der Waals surface area (Å²) in [7, 11) is 0. The van der Waals surface area contributed by atoms with Crippen LogP contribution < -0.4 is 9.47 Å². The summed E-state index contributed by atoms with van der Waals surface area (Å²) in [5.74, 6) is 1.54. The maximum absolute atomic E-state index is 12.5. The van der Waals surface area contributed by atoms with Gasteiger partial charge in [-0.3, -0.25) is 9.59 Å². The Hall–Kier alpha value is -2.24. The minimum Gasteiger partial charge on any atom is -0.490 e. The molecular formula is C20H28N2O4. The first-order chi connectivity index (χ1) is 12.7. The molecule has 3 rings (SSSR count). The Kier molecular flexibility index (Phi) is 6.36. The van der Waals surface area contributed by atoms with Gasteiger partial charge in [0.2, 0.25) is 5.91 Å². The normalized spacial score (nSPS) is 18.0. The van der Waals surface area contributed by atoms with E-state index in [9.17, 15) is 9.59 Å². The molecule has 2 aliphatic heterocycles. The van der Waals surface area contributed by atoms with Crippen LogP contribution in [0.1, 0.15) is 32.6 Å². The van der Waals surface area contributed by atoms with E-state index in [1.807, 2.05) is 30.0 Å². The van der Waals surface area contributed by atoms with Crippen LogP contribution in [0, 0.1) is 5.92 Å². The van der Waals surface area contributed by atoms with Crippen molar-refractivity contribution in [3.63, 3.8) is 0 Å². The van der Waals surface area contributed by atoms with Gasteiger partial charge in [0, 0.05) is 32.1 Å². The van der Waals surface area contributed by atoms with Crippen molar-refractivity contribution in [2.45, 2.75) is 32.6 Å². The molecule has 0 aromatic heterocycles. The molecule has 2 amide bonds. The van der Waals surface area contributed by atoms with Crippen LogP contribution in [0.4, 0.5) is 0 Å². The van der Waals surface area contributed by atoms with Crippen molar-refractivity contribution in [3.8, 4) is 11.5 Å². The minimum absolute atomic E-state index is 0.00513. The average molecular weight is 360 g/mol. The Balaban J connectivity index is 1.46. The molecule has 0 aliphatic carbocycles. The zero-order valence-corrected chi connectivity index (χ0v) is 15.5. The lowest BCUT2D eigenvalue weighted by molar-refractivity contribution is -0.140. The van der Waals surface area contributed by atoms with E-state index in [1.54, 1.807) is 11.0 Å². The van der Waals surface area contributed by atoms with Crippen LogP contribution in [0.3, 0.4) is 0 Å². The second kappa shape index (κ2) is 8.92. The van der Waals surface area contributed by atoms with Crippen molar-refractivity contribution in [1.82, 2.24) is 9.80 Å². The molecule has 2 heterocycles. The van der Waals surface area contributed by atoms with Crippen LogP contribution in [-0.2, 0) is 9.59 Å². The molecule has 26 heavy (non-hydrogen) atoms. The number of hydrogen-bond donors (Lipinski definition) is 0. The van der Waals surface area contributed by atoms with Gasteiger partial charge in [-0.15, -0.1) is 0 Å². The highest BCUT2D eigenvalue weighted by molar-refractivity contribution is 5.81. The lowest BCUT2D eigenvalue weighted by Gasteiger charge is -2.33. The van der Waals surface area contributed by atoms with Crippen molar-refractivity contribution in [2.75, 3.05) is 39.4 Å². The van der Waals surface area contributed by atoms with E-state index in [1.165, 1.54) is 0 Å². The molecule has 142 valence electrons. The highest BCUT2D eigenvalue weighted by Gasteiger charge is 2.31. The summed E-state index contributed by atoms with van der Waals surface area (Å²) in [6.07, 6.45) is 3.72. The lowest BCUT2D eigenvalue weighted by Crippen LogP contribution is -2.45. The summed E-state index contributed by atoms with van der Waals surface area (Å²) in [6.45, 7) is 5.49. The fraction of sp³-hybridized carbons (Fsp3) is 0.600. The molecule has 6 nitrogen and oxygen atoms in total. The minimum atomic E-state index is -0.0385. The Morgan fingerprint density at radius 3 is 2.19 bits per heavy atom. The van der Waals surface area contributed by atoms with E-state index in [0.29, 0.717) is 31.2 Å². The van der Waals surface area contributed by atoms with Crippen molar-refractivity contribution in [2.24, 2.45) is 5.92 Å². The van der Waals surface area contributed by atoms with E-state index in [0.717, 1.165) is 38.8 Å². The first-order valence-electron chi connectivity index (χ1n) is 9.60. The lowest BCUT2D eigenvalue weighted by atomic mass is 9.95. The molecule has 6 heteroatoms. The average Bonchev–Trinajstić information content (AvgIpc) is 3.21. The van der Waals surface area contributed by atoms with Crippen LogP contribution in [0.2, 0.25) is 0 Å². The number of para-hydroxylation sites is 2. The van der Waals surface area contributed by atoms with Crippen molar-refractivity contribution in [3.05, 3.63) is 24.3 Å². The van der Waals surface area contributed by atoms with Crippen molar-refractivity contribution >= 4 is 11.8 Å². The number of hydrogen-bond acceptors (Lipinski definition) is 4. The largest absolute Gasteiger partial charge is 0.490 e. The fourth-order valence-corrected chi connectivity index (χ4v) is 3.65. The van der Waals surface area contributed by atoms with E-state index in [-0.39, 0.29) is 24.3 Å². The van der Waals surface area contributed by atoms with Gasteiger partial charge >= 0.3 is 0 Å². The third-order valence-electron chi connectivity index (χ3n) is 5.11. The molecule has 0 unspecified atom stereocenters. The molecule has 2 fully saturated rings. The number of carbonyl (C=O) groups is 2. The number of ether oxygens (including phenoxy) is 2. The second-order valence-corrected chi connectivity index (χ2v) is 6.86.